The van der Waals surface area contributed by atoms with Crippen LogP contribution in [0.5, 0.6) is 0 Å². The van der Waals surface area contributed by atoms with E-state index in [1.54, 1.807) is 16.0 Å². The molecule has 5 rings (SSSR count). The van der Waals surface area contributed by atoms with Gasteiger partial charge in [0.15, 0.2) is 0 Å². The highest BCUT2D eigenvalue weighted by atomic mass is 16.2. The number of hydrogen-bond donors (Lipinski definition) is 2. The largest absolute Gasteiger partial charge is 0.360 e. The molecule has 3 N–H and O–H groups in total. The Kier molecular flexibility index (Phi) is 4.53. The second-order valence-electron chi connectivity index (χ2n) is 8.39. The quantitative estimate of drug-likeness (QED) is 0.688. The number of nitrogens with one attached hydrogen (secondary N) is 1. The van der Waals surface area contributed by atoms with Crippen LogP contribution in [-0.4, -0.2) is 58.3 Å². The average Bonchev–Trinajstić information content (AvgIpc) is 3.44. The molecule has 2 amide bonds. The Bertz CT molecular complexity index is 1210. The van der Waals surface area contributed by atoms with Crippen molar-refractivity contribution in [2.75, 3.05) is 26.2 Å². The van der Waals surface area contributed by atoms with Crippen molar-refractivity contribution in [1.29, 1.82) is 5.26 Å². The molecule has 7 heteroatoms. The van der Waals surface area contributed by atoms with E-state index in [2.05, 4.69) is 11.1 Å². The van der Waals surface area contributed by atoms with Gasteiger partial charge in [0, 0.05) is 48.8 Å². The van der Waals surface area contributed by atoms with Crippen molar-refractivity contribution in [3.63, 3.8) is 0 Å². The minimum atomic E-state index is -0.653. The van der Waals surface area contributed by atoms with Crippen LogP contribution >= 0.6 is 0 Å². The van der Waals surface area contributed by atoms with Crippen LogP contribution in [0, 0.1) is 11.3 Å². The third-order valence-electron chi connectivity index (χ3n) is 6.34. The number of hydrogen-bond acceptors (Lipinski definition) is 4. The fraction of sp³-hybridized carbons (Fsp3) is 0.292. The smallest absolute Gasteiger partial charge is 0.253 e. The summed E-state index contributed by atoms with van der Waals surface area (Å²) in [6, 6.07) is 15.7. The van der Waals surface area contributed by atoms with Crippen molar-refractivity contribution < 1.29 is 9.59 Å². The molecule has 7 nitrogen and oxygen atoms in total. The minimum Gasteiger partial charge on any atom is -0.360 e. The van der Waals surface area contributed by atoms with Gasteiger partial charge in [-0.3, -0.25) is 9.59 Å². The van der Waals surface area contributed by atoms with E-state index in [4.69, 9.17) is 5.73 Å². The lowest BCUT2D eigenvalue weighted by atomic mass is 10.0. The van der Waals surface area contributed by atoms with Gasteiger partial charge in [0.05, 0.1) is 11.1 Å². The molecule has 3 aromatic rings. The van der Waals surface area contributed by atoms with E-state index in [-0.39, 0.29) is 11.8 Å². The Morgan fingerprint density at radius 1 is 0.968 bits per heavy atom. The van der Waals surface area contributed by atoms with Gasteiger partial charge in [-0.25, -0.2) is 0 Å². The van der Waals surface area contributed by atoms with Gasteiger partial charge in [-0.1, -0.05) is 18.2 Å². The number of benzene rings is 2. The zero-order chi connectivity index (χ0) is 21.6. The van der Waals surface area contributed by atoms with Gasteiger partial charge in [0.2, 0.25) is 5.91 Å². The molecule has 0 bridgehead atoms. The molecule has 1 saturated heterocycles. The SMILES string of the molecule is N#Cc1c[nH]c2ccc(-c3ccc(C(=O)N4CCN(C(=O)C5(N)CC5)CC4)cc3)cc12. The van der Waals surface area contributed by atoms with Crippen molar-refractivity contribution in [3.8, 4) is 17.2 Å². The Labute approximate surface area is 180 Å². The summed E-state index contributed by atoms with van der Waals surface area (Å²) in [7, 11) is 0. The Balaban J connectivity index is 1.27. The van der Waals surface area contributed by atoms with E-state index < -0.39 is 5.54 Å². The molecule has 1 aliphatic carbocycles. The fourth-order valence-corrected chi connectivity index (χ4v) is 4.16. The number of carbonyl (C=O) groups excluding carboxylic acids is 2. The number of rotatable bonds is 3. The summed E-state index contributed by atoms with van der Waals surface area (Å²) in [5, 5.41) is 10.1. The Morgan fingerprint density at radius 3 is 2.26 bits per heavy atom. The van der Waals surface area contributed by atoms with E-state index in [0.29, 0.717) is 37.3 Å². The van der Waals surface area contributed by atoms with Crippen LogP contribution in [-0.2, 0) is 4.79 Å². The lowest BCUT2D eigenvalue weighted by Gasteiger charge is -2.36. The van der Waals surface area contributed by atoms with Crippen LogP contribution in [0.2, 0.25) is 0 Å². The van der Waals surface area contributed by atoms with E-state index in [9.17, 15) is 14.9 Å². The lowest BCUT2D eigenvalue weighted by Crippen LogP contribution is -2.55. The maximum absolute atomic E-state index is 12.9. The number of nitrogens with zero attached hydrogens (tertiary/aromatic N) is 3. The third kappa shape index (κ3) is 3.45. The number of nitrogens with two attached hydrogens (primary N) is 1. The molecule has 2 heterocycles. The van der Waals surface area contributed by atoms with E-state index in [1.807, 2.05) is 42.5 Å². The van der Waals surface area contributed by atoms with Crippen molar-refractivity contribution in [2.24, 2.45) is 5.73 Å². The van der Waals surface area contributed by atoms with Gasteiger partial charge in [0.25, 0.3) is 5.91 Å². The number of piperazine rings is 1. The second kappa shape index (κ2) is 7.25. The summed E-state index contributed by atoms with van der Waals surface area (Å²) < 4.78 is 0. The number of fused-ring (bicyclic) bond motifs is 1. The highest BCUT2D eigenvalue weighted by Gasteiger charge is 2.48. The van der Waals surface area contributed by atoms with Gasteiger partial charge in [-0.05, 0) is 48.2 Å². The number of amides is 2. The van der Waals surface area contributed by atoms with Gasteiger partial charge < -0.3 is 20.5 Å². The van der Waals surface area contributed by atoms with Crippen LogP contribution < -0.4 is 5.73 Å². The third-order valence-corrected chi connectivity index (χ3v) is 6.34. The molecule has 2 aliphatic rings. The van der Waals surface area contributed by atoms with Crippen molar-refractivity contribution in [1.82, 2.24) is 14.8 Å². The summed E-state index contributed by atoms with van der Waals surface area (Å²) in [5.74, 6) is -0.0108. The fourth-order valence-electron chi connectivity index (χ4n) is 4.16. The molecule has 156 valence electrons. The maximum atomic E-state index is 12.9. The molecular weight excluding hydrogens is 390 g/mol. The van der Waals surface area contributed by atoms with Crippen LogP contribution in [0.25, 0.3) is 22.0 Å². The Hall–Kier alpha value is -3.63. The predicted octanol–water partition coefficient (Wildman–Crippen LogP) is 2.48. The summed E-state index contributed by atoms with van der Waals surface area (Å²) >= 11 is 0. The summed E-state index contributed by atoms with van der Waals surface area (Å²) in [6.07, 6.45) is 3.22. The summed E-state index contributed by atoms with van der Waals surface area (Å²) in [4.78, 5) is 32.0. The van der Waals surface area contributed by atoms with E-state index >= 15 is 0 Å². The average molecular weight is 413 g/mol. The molecule has 0 atom stereocenters. The summed E-state index contributed by atoms with van der Waals surface area (Å²) in [5.41, 5.74) is 9.50. The van der Waals surface area contributed by atoms with Crippen LogP contribution in [0.15, 0.2) is 48.7 Å². The molecule has 0 unspecified atom stereocenters. The summed E-state index contributed by atoms with van der Waals surface area (Å²) in [6.45, 7) is 2.09. The highest BCUT2D eigenvalue weighted by molar-refractivity contribution is 5.96. The highest BCUT2D eigenvalue weighted by Crippen LogP contribution is 2.34. The predicted molar refractivity (Wildman–Crippen MR) is 117 cm³/mol. The first kappa shape index (κ1) is 19.3. The molecule has 31 heavy (non-hydrogen) atoms. The van der Waals surface area contributed by atoms with Gasteiger partial charge in [0.1, 0.15) is 6.07 Å². The lowest BCUT2D eigenvalue weighted by molar-refractivity contribution is -0.135. The molecule has 0 spiro atoms. The zero-order valence-electron chi connectivity index (χ0n) is 17.1. The van der Waals surface area contributed by atoms with Crippen molar-refractivity contribution in [2.45, 2.75) is 18.4 Å². The van der Waals surface area contributed by atoms with Crippen molar-refractivity contribution in [3.05, 3.63) is 59.8 Å². The van der Waals surface area contributed by atoms with Gasteiger partial charge in [-0.2, -0.15) is 5.26 Å². The normalized spacial score (nSPS) is 17.4. The molecule has 2 fully saturated rings. The molecule has 2 aromatic carbocycles. The number of aromatic nitrogens is 1. The molecule has 1 aromatic heterocycles. The van der Waals surface area contributed by atoms with Crippen LogP contribution in [0.3, 0.4) is 0 Å². The number of aromatic amines is 1. The molecular formula is C24H23N5O2. The van der Waals surface area contributed by atoms with Crippen LogP contribution in [0.1, 0.15) is 28.8 Å². The number of nitriles is 1. The molecule has 1 aliphatic heterocycles. The minimum absolute atomic E-state index is 0.0166. The van der Waals surface area contributed by atoms with Gasteiger partial charge >= 0.3 is 0 Å². The molecule has 0 radical (unpaired) electrons. The first-order chi connectivity index (χ1) is 15.0. The first-order valence-corrected chi connectivity index (χ1v) is 10.5. The van der Waals surface area contributed by atoms with E-state index in [1.165, 1.54) is 0 Å². The topological polar surface area (TPSA) is 106 Å². The van der Waals surface area contributed by atoms with Crippen molar-refractivity contribution >= 4 is 22.7 Å². The van der Waals surface area contributed by atoms with Gasteiger partial charge in [-0.15, -0.1) is 0 Å². The molecule has 1 saturated carbocycles. The number of H-pyrrole nitrogens is 1. The standard InChI is InChI=1S/C24H23N5O2/c25-14-19-15-27-21-6-5-18(13-20(19)21)16-1-3-17(4-2-16)22(30)28-9-11-29(12-10-28)23(31)24(26)7-8-24/h1-6,13,15,27H,7-12,26H2. The zero-order valence-corrected chi connectivity index (χ0v) is 17.1. The first-order valence-electron chi connectivity index (χ1n) is 10.5. The van der Waals surface area contributed by atoms with Crippen LogP contribution in [0.4, 0.5) is 0 Å². The number of carbonyl (C=O) groups is 2. The maximum Gasteiger partial charge on any atom is 0.253 e. The monoisotopic (exact) mass is 413 g/mol. The second-order valence-corrected chi connectivity index (χ2v) is 8.39. The van der Waals surface area contributed by atoms with E-state index in [0.717, 1.165) is 34.9 Å². The Morgan fingerprint density at radius 2 is 1.61 bits per heavy atom.